The van der Waals surface area contributed by atoms with Crippen molar-refractivity contribution in [2.75, 3.05) is 19.6 Å². The number of hydrogen-bond acceptors (Lipinski definition) is 4. The minimum absolute atomic E-state index is 0.00694. The zero-order valence-electron chi connectivity index (χ0n) is 14.2. The molecular weight excluding hydrogens is 335 g/mol. The maximum Gasteiger partial charge on any atom is 0.407 e. The van der Waals surface area contributed by atoms with Crippen molar-refractivity contribution in [2.24, 2.45) is 5.92 Å². The van der Waals surface area contributed by atoms with Crippen LogP contribution in [0.3, 0.4) is 0 Å². The van der Waals surface area contributed by atoms with Crippen molar-refractivity contribution >= 4 is 24.0 Å². The minimum atomic E-state index is -0.654. The Morgan fingerprint density at radius 1 is 1.50 bits per heavy atom. The van der Waals surface area contributed by atoms with E-state index in [0.717, 1.165) is 19.5 Å². The maximum atomic E-state index is 12.6. The second-order valence-corrected chi connectivity index (χ2v) is 6.91. The summed E-state index contributed by atoms with van der Waals surface area (Å²) in [6.45, 7) is 8.36. The molecule has 1 aliphatic rings. The molecule has 2 rings (SSSR count). The van der Waals surface area contributed by atoms with Crippen LogP contribution < -0.4 is 10.6 Å². The van der Waals surface area contributed by atoms with E-state index in [-0.39, 0.29) is 16.7 Å². The van der Waals surface area contributed by atoms with E-state index in [9.17, 15) is 14.0 Å². The number of benzene rings is 1. The standard InChI is InChI=1S/C10H20N2O2.C7H4ClFO/c1-10(2,3)14-9(13)12-7-8-4-5-11-6-8;8-6-3-1-2-5(4-10)7(6)9/h8,11H,4-7H2,1-3H3,(H,12,13);1-4H/t8-;/m0./s1. The number of hydrogen-bond donors (Lipinski definition) is 2. The molecule has 2 N–H and O–H groups in total. The molecule has 5 nitrogen and oxygen atoms in total. The molecule has 0 radical (unpaired) electrons. The van der Waals surface area contributed by atoms with E-state index in [4.69, 9.17) is 16.3 Å². The molecule has 0 spiro atoms. The van der Waals surface area contributed by atoms with E-state index in [1.165, 1.54) is 18.2 Å². The lowest BCUT2D eigenvalue weighted by atomic mass is 10.1. The third kappa shape index (κ3) is 7.75. The zero-order valence-corrected chi connectivity index (χ0v) is 15.0. The third-order valence-electron chi connectivity index (χ3n) is 3.20. The molecule has 0 aliphatic carbocycles. The first kappa shape index (κ1) is 20.4. The van der Waals surface area contributed by atoms with Crippen molar-refractivity contribution in [3.05, 3.63) is 34.6 Å². The largest absolute Gasteiger partial charge is 0.444 e. The highest BCUT2D eigenvalue weighted by Crippen LogP contribution is 2.15. The summed E-state index contributed by atoms with van der Waals surface area (Å²) in [5.74, 6) is -0.0957. The Morgan fingerprint density at radius 2 is 2.21 bits per heavy atom. The van der Waals surface area contributed by atoms with Crippen LogP contribution in [-0.4, -0.2) is 37.6 Å². The molecule has 24 heavy (non-hydrogen) atoms. The lowest BCUT2D eigenvalue weighted by Crippen LogP contribution is -2.35. The summed E-state index contributed by atoms with van der Waals surface area (Å²) in [5, 5.41) is 6.01. The van der Waals surface area contributed by atoms with Gasteiger partial charge in [-0.1, -0.05) is 17.7 Å². The molecule has 7 heteroatoms. The van der Waals surface area contributed by atoms with Crippen LogP contribution in [0, 0.1) is 11.7 Å². The Bertz CT molecular complexity index is 555. The molecule has 1 heterocycles. The van der Waals surface area contributed by atoms with E-state index in [1.54, 1.807) is 0 Å². The van der Waals surface area contributed by atoms with Crippen molar-refractivity contribution in [3.8, 4) is 0 Å². The number of halogens is 2. The van der Waals surface area contributed by atoms with Crippen LogP contribution in [0.4, 0.5) is 9.18 Å². The number of carbonyl (C=O) groups excluding carboxylic acids is 2. The topological polar surface area (TPSA) is 67.4 Å². The predicted octanol–water partition coefficient (Wildman–Crippen LogP) is 3.41. The Balaban J connectivity index is 0.000000254. The van der Waals surface area contributed by atoms with E-state index in [0.29, 0.717) is 18.7 Å². The van der Waals surface area contributed by atoms with Crippen LogP contribution in [0.25, 0.3) is 0 Å². The number of carbonyl (C=O) groups is 2. The number of alkyl carbamates (subject to hydrolysis) is 1. The number of ether oxygens (including phenoxy) is 1. The van der Waals surface area contributed by atoms with Gasteiger partial charge in [-0.25, -0.2) is 9.18 Å². The van der Waals surface area contributed by atoms with Gasteiger partial charge in [0.25, 0.3) is 0 Å². The summed E-state index contributed by atoms with van der Waals surface area (Å²) < 4.78 is 17.8. The Labute approximate surface area is 146 Å². The highest BCUT2D eigenvalue weighted by Gasteiger charge is 2.18. The van der Waals surface area contributed by atoms with Crippen molar-refractivity contribution in [1.29, 1.82) is 0 Å². The molecule has 1 aromatic rings. The molecule has 0 saturated carbocycles. The Morgan fingerprint density at radius 3 is 2.71 bits per heavy atom. The predicted molar refractivity (Wildman–Crippen MR) is 92.0 cm³/mol. The van der Waals surface area contributed by atoms with Gasteiger partial charge in [-0.15, -0.1) is 0 Å². The summed E-state index contributed by atoms with van der Waals surface area (Å²) in [4.78, 5) is 21.3. The van der Waals surface area contributed by atoms with Crippen molar-refractivity contribution in [2.45, 2.75) is 32.8 Å². The van der Waals surface area contributed by atoms with Gasteiger partial charge in [-0.3, -0.25) is 4.79 Å². The van der Waals surface area contributed by atoms with Crippen molar-refractivity contribution in [1.82, 2.24) is 10.6 Å². The number of amides is 1. The quantitative estimate of drug-likeness (QED) is 0.812. The summed E-state index contributed by atoms with van der Waals surface area (Å²) in [5.41, 5.74) is -0.412. The van der Waals surface area contributed by atoms with Crippen LogP contribution in [0.5, 0.6) is 0 Å². The van der Waals surface area contributed by atoms with E-state index in [2.05, 4.69) is 10.6 Å². The average Bonchev–Trinajstić information content (AvgIpc) is 3.00. The smallest absolute Gasteiger partial charge is 0.407 e. The summed E-state index contributed by atoms with van der Waals surface area (Å²) in [7, 11) is 0. The molecule has 1 aromatic carbocycles. The normalized spacial score (nSPS) is 16.8. The van der Waals surface area contributed by atoms with Gasteiger partial charge in [0, 0.05) is 6.54 Å². The third-order valence-corrected chi connectivity index (χ3v) is 3.50. The van der Waals surface area contributed by atoms with Gasteiger partial charge in [-0.05, 0) is 58.3 Å². The lowest BCUT2D eigenvalue weighted by molar-refractivity contribution is 0.0520. The van der Waals surface area contributed by atoms with Gasteiger partial charge >= 0.3 is 6.09 Å². The van der Waals surface area contributed by atoms with Gasteiger partial charge in [0.05, 0.1) is 10.6 Å². The van der Waals surface area contributed by atoms with Crippen LogP contribution in [0.2, 0.25) is 5.02 Å². The van der Waals surface area contributed by atoms with Crippen LogP contribution in [-0.2, 0) is 4.74 Å². The minimum Gasteiger partial charge on any atom is -0.444 e. The molecule has 0 bridgehead atoms. The Hall–Kier alpha value is -1.66. The highest BCUT2D eigenvalue weighted by atomic mass is 35.5. The summed E-state index contributed by atoms with van der Waals surface area (Å²) in [6.07, 6.45) is 1.25. The highest BCUT2D eigenvalue weighted by molar-refractivity contribution is 6.31. The maximum absolute atomic E-state index is 12.6. The fourth-order valence-corrected chi connectivity index (χ4v) is 2.22. The number of aldehydes is 1. The van der Waals surface area contributed by atoms with Crippen LogP contribution in [0.15, 0.2) is 18.2 Å². The van der Waals surface area contributed by atoms with Gasteiger partial charge in [0.1, 0.15) is 5.60 Å². The van der Waals surface area contributed by atoms with Crippen LogP contribution in [0.1, 0.15) is 37.6 Å². The molecule has 1 aliphatic heterocycles. The molecule has 1 amide bonds. The van der Waals surface area contributed by atoms with Crippen molar-refractivity contribution in [3.63, 3.8) is 0 Å². The van der Waals surface area contributed by atoms with Crippen LogP contribution >= 0.6 is 11.6 Å². The molecule has 0 unspecified atom stereocenters. The fraction of sp³-hybridized carbons (Fsp3) is 0.529. The first-order valence-corrected chi connectivity index (χ1v) is 8.17. The second kappa shape index (κ2) is 9.59. The lowest BCUT2D eigenvalue weighted by Gasteiger charge is -2.20. The number of nitrogens with one attached hydrogen (secondary N) is 2. The Kier molecular flexibility index (Phi) is 8.15. The monoisotopic (exact) mass is 358 g/mol. The molecule has 134 valence electrons. The fourth-order valence-electron chi connectivity index (χ4n) is 2.04. The molecule has 1 saturated heterocycles. The van der Waals surface area contributed by atoms with Gasteiger partial charge in [-0.2, -0.15) is 0 Å². The molecule has 1 atom stereocenters. The second-order valence-electron chi connectivity index (χ2n) is 6.50. The first-order chi connectivity index (χ1) is 11.2. The number of rotatable bonds is 3. The molecular formula is C17H24ClFN2O3. The van der Waals surface area contributed by atoms with E-state index >= 15 is 0 Å². The average molecular weight is 359 g/mol. The SMILES string of the molecule is CC(C)(C)OC(=O)NC[C@H]1CCNC1.O=Cc1cccc(Cl)c1F. The van der Waals surface area contributed by atoms with Gasteiger partial charge < -0.3 is 15.4 Å². The molecule has 0 aromatic heterocycles. The summed E-state index contributed by atoms with van der Waals surface area (Å²) in [6, 6.07) is 4.28. The molecule has 1 fully saturated rings. The first-order valence-electron chi connectivity index (χ1n) is 7.79. The van der Waals surface area contributed by atoms with Gasteiger partial charge in [0.15, 0.2) is 12.1 Å². The van der Waals surface area contributed by atoms with Crippen molar-refractivity contribution < 1.29 is 18.7 Å². The zero-order chi connectivity index (χ0) is 18.2. The van der Waals surface area contributed by atoms with E-state index in [1.807, 2.05) is 20.8 Å². The summed E-state index contributed by atoms with van der Waals surface area (Å²) >= 11 is 5.36. The van der Waals surface area contributed by atoms with Gasteiger partial charge in [0.2, 0.25) is 0 Å². The van der Waals surface area contributed by atoms with E-state index < -0.39 is 11.4 Å².